The van der Waals surface area contributed by atoms with E-state index in [1.54, 1.807) is 0 Å². The summed E-state index contributed by atoms with van der Waals surface area (Å²) in [6.07, 6.45) is 4.07. The smallest absolute Gasteiger partial charge is 0.0407 e. The molecule has 14 heavy (non-hydrogen) atoms. The Kier molecular flexibility index (Phi) is 2.49. The molecular formula is C13H15N. The first kappa shape index (κ1) is 9.20. The van der Waals surface area contributed by atoms with E-state index in [1.807, 2.05) is 6.20 Å². The first-order valence-corrected chi connectivity index (χ1v) is 5.21. The van der Waals surface area contributed by atoms with Crippen LogP contribution >= 0.6 is 0 Å². The molecule has 0 atom stereocenters. The van der Waals surface area contributed by atoms with Crippen LogP contribution in [-0.4, -0.2) is 4.98 Å². The Morgan fingerprint density at radius 3 is 2.57 bits per heavy atom. The van der Waals surface area contributed by atoms with Gasteiger partial charge in [0.1, 0.15) is 0 Å². The number of aromatic nitrogens is 1. The fourth-order valence-electron chi connectivity index (χ4n) is 1.65. The van der Waals surface area contributed by atoms with Crippen LogP contribution < -0.4 is 0 Å². The van der Waals surface area contributed by atoms with Gasteiger partial charge in [-0.25, -0.2) is 0 Å². The van der Waals surface area contributed by atoms with Gasteiger partial charge in [0.2, 0.25) is 0 Å². The summed E-state index contributed by atoms with van der Waals surface area (Å²) >= 11 is 0. The van der Waals surface area contributed by atoms with E-state index in [0.29, 0.717) is 0 Å². The molecular weight excluding hydrogens is 170 g/mol. The average Bonchev–Trinajstić information content (AvgIpc) is 2.27. The number of hydrogen-bond donors (Lipinski definition) is 0. The van der Waals surface area contributed by atoms with Crippen LogP contribution in [0.1, 0.15) is 25.1 Å². The molecule has 1 heteroatoms. The molecule has 0 fully saturated rings. The number of nitrogens with zero attached hydrogens (tertiary/aromatic N) is 1. The molecule has 0 aliphatic carbocycles. The zero-order valence-corrected chi connectivity index (χ0v) is 8.75. The molecule has 0 N–H and O–H groups in total. The van der Waals surface area contributed by atoms with Crippen molar-refractivity contribution >= 4 is 10.8 Å². The minimum absolute atomic E-state index is 1.01. The first-order chi connectivity index (χ1) is 6.83. The van der Waals surface area contributed by atoms with E-state index < -0.39 is 0 Å². The van der Waals surface area contributed by atoms with Crippen LogP contribution in [-0.2, 0) is 12.8 Å². The number of fused-ring (bicyclic) bond motifs is 1. The lowest BCUT2D eigenvalue weighted by atomic mass is 10.1. The second-order valence-corrected chi connectivity index (χ2v) is 3.56. The third-order valence-electron chi connectivity index (χ3n) is 2.61. The van der Waals surface area contributed by atoms with Crippen molar-refractivity contribution < 1.29 is 0 Å². The van der Waals surface area contributed by atoms with Crippen LogP contribution in [0, 0.1) is 0 Å². The highest BCUT2D eigenvalue weighted by Gasteiger charge is 1.97. The molecule has 1 nitrogen and oxygen atoms in total. The molecule has 0 amide bonds. The zero-order chi connectivity index (χ0) is 9.97. The van der Waals surface area contributed by atoms with Gasteiger partial charge in [0.25, 0.3) is 0 Å². The lowest BCUT2D eigenvalue weighted by Crippen LogP contribution is -1.87. The summed E-state index contributed by atoms with van der Waals surface area (Å²) in [6.45, 7) is 4.31. The maximum Gasteiger partial charge on any atom is 0.0407 e. The molecule has 1 aromatic carbocycles. The van der Waals surface area contributed by atoms with Gasteiger partial charge in [0, 0.05) is 17.3 Å². The van der Waals surface area contributed by atoms with E-state index >= 15 is 0 Å². The van der Waals surface area contributed by atoms with Crippen LogP contribution in [0.4, 0.5) is 0 Å². The van der Waals surface area contributed by atoms with Crippen molar-refractivity contribution in [1.82, 2.24) is 4.98 Å². The van der Waals surface area contributed by atoms with E-state index in [2.05, 4.69) is 43.1 Å². The molecule has 0 aliphatic rings. The van der Waals surface area contributed by atoms with Crippen LogP contribution in [0.15, 0.2) is 30.5 Å². The minimum atomic E-state index is 1.01. The van der Waals surface area contributed by atoms with Crippen molar-refractivity contribution in [3.05, 3.63) is 41.7 Å². The third-order valence-corrected chi connectivity index (χ3v) is 2.61. The maximum atomic E-state index is 4.40. The Morgan fingerprint density at radius 2 is 1.86 bits per heavy atom. The Bertz CT molecular complexity index is 403. The second-order valence-electron chi connectivity index (χ2n) is 3.56. The fourth-order valence-corrected chi connectivity index (χ4v) is 1.65. The van der Waals surface area contributed by atoms with Crippen molar-refractivity contribution in [3.63, 3.8) is 0 Å². The average molecular weight is 185 g/mol. The summed E-state index contributed by atoms with van der Waals surface area (Å²) < 4.78 is 0. The summed E-state index contributed by atoms with van der Waals surface area (Å²) in [5.74, 6) is 0. The van der Waals surface area contributed by atoms with Crippen molar-refractivity contribution in [2.75, 3.05) is 0 Å². The zero-order valence-electron chi connectivity index (χ0n) is 8.75. The molecule has 1 heterocycles. The third kappa shape index (κ3) is 1.63. The van der Waals surface area contributed by atoms with E-state index in [0.717, 1.165) is 12.8 Å². The van der Waals surface area contributed by atoms with Gasteiger partial charge in [0.05, 0.1) is 0 Å². The van der Waals surface area contributed by atoms with E-state index in [1.165, 1.54) is 22.0 Å². The first-order valence-electron chi connectivity index (χ1n) is 5.21. The predicted molar refractivity (Wildman–Crippen MR) is 60.5 cm³/mol. The highest BCUT2D eigenvalue weighted by atomic mass is 14.7. The SMILES string of the molecule is CCc1ccc2cc(CC)ncc2c1. The Labute approximate surface area is 84.8 Å². The van der Waals surface area contributed by atoms with E-state index in [4.69, 9.17) is 0 Å². The second kappa shape index (κ2) is 3.79. The van der Waals surface area contributed by atoms with Gasteiger partial charge in [-0.2, -0.15) is 0 Å². The van der Waals surface area contributed by atoms with Crippen LogP contribution in [0.25, 0.3) is 10.8 Å². The molecule has 2 aromatic rings. The minimum Gasteiger partial charge on any atom is -0.261 e. The van der Waals surface area contributed by atoms with Gasteiger partial charge in [-0.15, -0.1) is 0 Å². The van der Waals surface area contributed by atoms with Gasteiger partial charge in [-0.1, -0.05) is 26.0 Å². The van der Waals surface area contributed by atoms with Gasteiger partial charge in [-0.3, -0.25) is 4.98 Å². The molecule has 1 aromatic heterocycles. The Balaban J connectivity index is 2.57. The fraction of sp³-hybridized carbons (Fsp3) is 0.308. The number of hydrogen-bond acceptors (Lipinski definition) is 1. The molecule has 0 aliphatic heterocycles. The molecule has 72 valence electrons. The van der Waals surface area contributed by atoms with Crippen LogP contribution in [0.3, 0.4) is 0 Å². The highest BCUT2D eigenvalue weighted by Crippen LogP contribution is 2.16. The molecule has 0 bridgehead atoms. The normalized spacial score (nSPS) is 10.7. The number of benzene rings is 1. The largest absolute Gasteiger partial charge is 0.261 e. The molecule has 0 unspecified atom stereocenters. The summed E-state index contributed by atoms with van der Waals surface area (Å²) in [5.41, 5.74) is 2.55. The van der Waals surface area contributed by atoms with Crippen molar-refractivity contribution in [3.8, 4) is 0 Å². The monoisotopic (exact) mass is 185 g/mol. The van der Waals surface area contributed by atoms with E-state index in [9.17, 15) is 0 Å². The number of aryl methyl sites for hydroxylation is 2. The molecule has 0 radical (unpaired) electrons. The summed E-state index contributed by atoms with van der Waals surface area (Å²) in [7, 11) is 0. The van der Waals surface area contributed by atoms with Gasteiger partial charge in [0.15, 0.2) is 0 Å². The summed E-state index contributed by atoms with van der Waals surface area (Å²) in [5, 5.41) is 2.55. The van der Waals surface area contributed by atoms with Crippen LogP contribution in [0.5, 0.6) is 0 Å². The molecule has 0 saturated heterocycles. The van der Waals surface area contributed by atoms with Crippen molar-refractivity contribution in [2.45, 2.75) is 26.7 Å². The van der Waals surface area contributed by atoms with E-state index in [-0.39, 0.29) is 0 Å². The van der Waals surface area contributed by atoms with Crippen molar-refractivity contribution in [2.24, 2.45) is 0 Å². The van der Waals surface area contributed by atoms with Crippen molar-refractivity contribution in [1.29, 1.82) is 0 Å². The van der Waals surface area contributed by atoms with Gasteiger partial charge in [-0.05, 0) is 35.9 Å². The number of rotatable bonds is 2. The molecule has 0 spiro atoms. The predicted octanol–water partition coefficient (Wildman–Crippen LogP) is 3.36. The molecule has 0 saturated carbocycles. The Morgan fingerprint density at radius 1 is 1.00 bits per heavy atom. The maximum absolute atomic E-state index is 4.40. The lowest BCUT2D eigenvalue weighted by molar-refractivity contribution is 1.04. The Hall–Kier alpha value is -1.37. The summed E-state index contributed by atoms with van der Waals surface area (Å²) in [6, 6.07) is 8.79. The number of pyridine rings is 1. The topological polar surface area (TPSA) is 12.9 Å². The van der Waals surface area contributed by atoms with Gasteiger partial charge >= 0.3 is 0 Å². The standard InChI is InChI=1S/C13H15N/c1-3-10-5-6-11-8-13(4-2)14-9-12(11)7-10/h5-9H,3-4H2,1-2H3. The van der Waals surface area contributed by atoms with Gasteiger partial charge < -0.3 is 0 Å². The molecule has 2 rings (SSSR count). The van der Waals surface area contributed by atoms with Crippen LogP contribution in [0.2, 0.25) is 0 Å². The summed E-state index contributed by atoms with van der Waals surface area (Å²) in [4.78, 5) is 4.40. The quantitative estimate of drug-likeness (QED) is 0.699. The lowest BCUT2D eigenvalue weighted by Gasteiger charge is -2.02. The highest BCUT2D eigenvalue weighted by molar-refractivity contribution is 5.82.